The monoisotopic (exact) mass is 366 g/mol. The first-order valence-corrected chi connectivity index (χ1v) is 6.43. The molecule has 0 radical (unpaired) electrons. The summed E-state index contributed by atoms with van der Waals surface area (Å²) >= 11 is 0. The highest BCUT2D eigenvalue weighted by Gasteiger charge is 2.16. The lowest BCUT2D eigenvalue weighted by Gasteiger charge is -2.08. The Hall–Kier alpha value is -3.39. The molecule has 0 spiro atoms. The molecule has 0 saturated carbocycles. The Morgan fingerprint density at radius 3 is 0.840 bits per heavy atom. The minimum atomic E-state index is -1.37. The SMILES string of the molecule is Cl.O=C(O)c1cc(C(=O)O)cc(-c2cc(C(=O)O)cc(C(=O)O)c2)c1. The first-order chi connectivity index (χ1) is 11.2. The summed E-state index contributed by atoms with van der Waals surface area (Å²) < 4.78 is 0. The molecule has 0 atom stereocenters. The van der Waals surface area contributed by atoms with Gasteiger partial charge in [0.15, 0.2) is 0 Å². The van der Waals surface area contributed by atoms with E-state index in [-0.39, 0.29) is 45.8 Å². The molecule has 25 heavy (non-hydrogen) atoms. The maximum Gasteiger partial charge on any atom is 0.335 e. The van der Waals surface area contributed by atoms with Crippen LogP contribution in [0.3, 0.4) is 0 Å². The Bertz CT molecular complexity index is 750. The van der Waals surface area contributed by atoms with Crippen molar-refractivity contribution in [3.8, 4) is 11.1 Å². The largest absolute Gasteiger partial charge is 0.478 e. The highest BCUT2D eigenvalue weighted by atomic mass is 35.5. The third-order valence-corrected chi connectivity index (χ3v) is 3.19. The van der Waals surface area contributed by atoms with Crippen LogP contribution in [-0.4, -0.2) is 44.3 Å². The number of benzene rings is 2. The summed E-state index contributed by atoms with van der Waals surface area (Å²) in [6.07, 6.45) is 0. The van der Waals surface area contributed by atoms with Gasteiger partial charge in [0.05, 0.1) is 22.3 Å². The van der Waals surface area contributed by atoms with Crippen molar-refractivity contribution < 1.29 is 39.6 Å². The molecule has 9 heteroatoms. The molecule has 0 fully saturated rings. The summed E-state index contributed by atoms with van der Waals surface area (Å²) in [5.41, 5.74) is -1.11. The normalized spacial score (nSPS) is 9.76. The fourth-order valence-corrected chi connectivity index (χ4v) is 2.08. The molecule has 130 valence electrons. The average molecular weight is 367 g/mol. The fraction of sp³-hybridized carbons (Fsp3) is 0. The van der Waals surface area contributed by atoms with Crippen molar-refractivity contribution >= 4 is 36.3 Å². The van der Waals surface area contributed by atoms with Crippen LogP contribution in [0, 0.1) is 0 Å². The topological polar surface area (TPSA) is 149 Å². The summed E-state index contributed by atoms with van der Waals surface area (Å²) in [6, 6.07) is 6.46. The maximum atomic E-state index is 11.1. The van der Waals surface area contributed by atoms with E-state index in [2.05, 4.69) is 0 Å². The van der Waals surface area contributed by atoms with Crippen LogP contribution in [0.4, 0.5) is 0 Å². The van der Waals surface area contributed by atoms with Crippen LogP contribution < -0.4 is 0 Å². The predicted molar refractivity (Wildman–Crippen MR) is 87.0 cm³/mol. The van der Waals surface area contributed by atoms with E-state index < -0.39 is 23.9 Å². The molecule has 8 nitrogen and oxygen atoms in total. The van der Waals surface area contributed by atoms with Crippen LogP contribution in [0.25, 0.3) is 11.1 Å². The van der Waals surface area contributed by atoms with Gasteiger partial charge in [-0.15, -0.1) is 12.4 Å². The molecule has 4 N–H and O–H groups in total. The maximum absolute atomic E-state index is 11.1. The summed E-state index contributed by atoms with van der Waals surface area (Å²) in [5.74, 6) is -5.47. The molecule has 0 aliphatic heterocycles. The molecule has 2 aromatic rings. The molecule has 0 saturated heterocycles. The second kappa shape index (κ2) is 7.45. The lowest BCUT2D eigenvalue weighted by atomic mass is 9.96. The van der Waals surface area contributed by atoms with Gasteiger partial charge < -0.3 is 20.4 Å². The van der Waals surface area contributed by atoms with Crippen molar-refractivity contribution in [1.82, 2.24) is 0 Å². The van der Waals surface area contributed by atoms with Crippen molar-refractivity contribution in [3.63, 3.8) is 0 Å². The highest BCUT2D eigenvalue weighted by molar-refractivity contribution is 5.99. The van der Waals surface area contributed by atoms with Gasteiger partial charge in [-0.2, -0.15) is 0 Å². The molecule has 2 aromatic carbocycles. The number of hydrogen-bond donors (Lipinski definition) is 4. The van der Waals surface area contributed by atoms with Gasteiger partial charge in [0.1, 0.15) is 0 Å². The van der Waals surface area contributed by atoms with E-state index in [4.69, 9.17) is 20.4 Å². The number of carboxylic acid groups (broad SMARTS) is 4. The van der Waals surface area contributed by atoms with E-state index in [1.807, 2.05) is 0 Å². The second-order valence-corrected chi connectivity index (χ2v) is 4.82. The zero-order valence-electron chi connectivity index (χ0n) is 12.3. The summed E-state index contributed by atoms with van der Waals surface area (Å²) in [4.78, 5) is 44.5. The molecule has 0 bridgehead atoms. The third kappa shape index (κ3) is 4.33. The molecule has 0 aliphatic rings. The molecule has 2 rings (SSSR count). The van der Waals surface area contributed by atoms with Crippen molar-refractivity contribution in [3.05, 3.63) is 58.7 Å². The molecule has 0 amide bonds. The molecule has 0 aromatic heterocycles. The average Bonchev–Trinajstić information content (AvgIpc) is 2.53. The Morgan fingerprint density at radius 1 is 0.480 bits per heavy atom. The van der Waals surface area contributed by atoms with Gasteiger partial charge in [0.2, 0.25) is 0 Å². The second-order valence-electron chi connectivity index (χ2n) is 4.82. The predicted octanol–water partition coefficient (Wildman–Crippen LogP) is 2.57. The Morgan fingerprint density at radius 2 is 0.680 bits per heavy atom. The van der Waals surface area contributed by atoms with Crippen LogP contribution in [0.15, 0.2) is 36.4 Å². The van der Waals surface area contributed by atoms with Gasteiger partial charge in [-0.1, -0.05) is 0 Å². The minimum Gasteiger partial charge on any atom is -0.478 e. The summed E-state index contributed by atoms with van der Waals surface area (Å²) in [7, 11) is 0. The van der Waals surface area contributed by atoms with Crippen LogP contribution >= 0.6 is 12.4 Å². The van der Waals surface area contributed by atoms with Crippen LogP contribution in [0.5, 0.6) is 0 Å². The van der Waals surface area contributed by atoms with Gasteiger partial charge in [0, 0.05) is 0 Å². The summed E-state index contributed by atoms with van der Waals surface area (Å²) in [5, 5.41) is 36.3. The quantitative estimate of drug-likeness (QED) is 0.630. The zero-order chi connectivity index (χ0) is 18.0. The number of carbonyl (C=O) groups is 4. The van der Waals surface area contributed by atoms with E-state index in [9.17, 15) is 19.2 Å². The Labute approximate surface area is 146 Å². The third-order valence-electron chi connectivity index (χ3n) is 3.19. The van der Waals surface area contributed by atoms with Crippen molar-refractivity contribution in [2.75, 3.05) is 0 Å². The highest BCUT2D eigenvalue weighted by Crippen LogP contribution is 2.26. The number of aromatic carboxylic acids is 4. The Kier molecular flexibility index (Phi) is 5.86. The van der Waals surface area contributed by atoms with E-state index in [1.54, 1.807) is 0 Å². The molecule has 0 unspecified atom stereocenters. The van der Waals surface area contributed by atoms with E-state index in [0.717, 1.165) is 36.4 Å². The van der Waals surface area contributed by atoms with Gasteiger partial charge in [-0.25, -0.2) is 19.2 Å². The first-order valence-electron chi connectivity index (χ1n) is 6.43. The molecule has 0 aliphatic carbocycles. The lowest BCUT2D eigenvalue weighted by molar-refractivity contribution is 0.0676. The number of carboxylic acids is 4. The van der Waals surface area contributed by atoms with Crippen molar-refractivity contribution in [2.24, 2.45) is 0 Å². The number of hydrogen-bond acceptors (Lipinski definition) is 4. The summed E-state index contributed by atoms with van der Waals surface area (Å²) in [6.45, 7) is 0. The Balaban J connectivity index is 0.00000312. The van der Waals surface area contributed by atoms with Crippen LogP contribution in [-0.2, 0) is 0 Å². The zero-order valence-corrected chi connectivity index (χ0v) is 13.1. The van der Waals surface area contributed by atoms with Crippen LogP contribution in [0.2, 0.25) is 0 Å². The van der Waals surface area contributed by atoms with E-state index >= 15 is 0 Å². The van der Waals surface area contributed by atoms with Gasteiger partial charge >= 0.3 is 23.9 Å². The first kappa shape index (κ1) is 19.7. The lowest BCUT2D eigenvalue weighted by Crippen LogP contribution is -2.05. The molecular formula is C16H11ClO8. The number of rotatable bonds is 5. The van der Waals surface area contributed by atoms with Crippen molar-refractivity contribution in [1.29, 1.82) is 0 Å². The standard InChI is InChI=1S/C16H10O8.ClH/c17-13(18)9-1-7(2-10(5-9)14(19)20)8-3-11(15(21)22)6-12(4-8)16(23)24;/h1-6H,(H,17,18)(H,19,20)(H,21,22)(H,23,24);1H. The fourth-order valence-electron chi connectivity index (χ4n) is 2.08. The van der Waals surface area contributed by atoms with E-state index in [0.29, 0.717) is 0 Å². The molecular weight excluding hydrogens is 356 g/mol. The smallest absolute Gasteiger partial charge is 0.335 e. The van der Waals surface area contributed by atoms with E-state index in [1.165, 1.54) is 0 Å². The van der Waals surface area contributed by atoms with Crippen molar-refractivity contribution in [2.45, 2.75) is 0 Å². The van der Waals surface area contributed by atoms with Gasteiger partial charge in [0.25, 0.3) is 0 Å². The minimum absolute atomic E-state index is 0. The molecule has 0 heterocycles. The number of halogens is 1. The van der Waals surface area contributed by atoms with Gasteiger partial charge in [-0.3, -0.25) is 0 Å². The van der Waals surface area contributed by atoms with Crippen LogP contribution in [0.1, 0.15) is 41.4 Å². The van der Waals surface area contributed by atoms with Gasteiger partial charge in [-0.05, 0) is 47.5 Å².